The zero-order chi connectivity index (χ0) is 12.3. The topological polar surface area (TPSA) is 70.0 Å². The first-order valence-electron chi connectivity index (χ1n) is 4.24. The van der Waals surface area contributed by atoms with Crippen molar-refractivity contribution < 1.29 is 12.8 Å². The van der Waals surface area contributed by atoms with Crippen LogP contribution in [0.3, 0.4) is 0 Å². The predicted octanol–water partition coefficient (Wildman–Crippen LogP) is 1.78. The molecule has 86 valence electrons. The molecular formula is C9H8BrFN2O2S. The molecule has 0 fully saturated rings. The van der Waals surface area contributed by atoms with Crippen molar-refractivity contribution in [3.05, 3.63) is 28.5 Å². The van der Waals surface area contributed by atoms with Gasteiger partial charge in [-0.1, -0.05) is 15.9 Å². The van der Waals surface area contributed by atoms with Crippen LogP contribution in [0.15, 0.2) is 27.6 Å². The first kappa shape index (κ1) is 13.1. The highest BCUT2D eigenvalue weighted by molar-refractivity contribution is 9.10. The van der Waals surface area contributed by atoms with Crippen molar-refractivity contribution in [2.75, 3.05) is 0 Å². The second-order valence-electron chi connectivity index (χ2n) is 3.05. The van der Waals surface area contributed by atoms with E-state index in [1.165, 1.54) is 13.0 Å². The number of hydrogen-bond acceptors (Lipinski definition) is 3. The molecule has 0 aliphatic carbocycles. The van der Waals surface area contributed by atoms with E-state index in [4.69, 9.17) is 5.26 Å². The number of nitrogens with zero attached hydrogens (tertiary/aromatic N) is 1. The van der Waals surface area contributed by atoms with Crippen molar-refractivity contribution in [2.24, 2.45) is 0 Å². The molecule has 0 aliphatic heterocycles. The summed E-state index contributed by atoms with van der Waals surface area (Å²) < 4.78 is 39.1. The Labute approximate surface area is 101 Å². The van der Waals surface area contributed by atoms with Gasteiger partial charge in [0.2, 0.25) is 10.0 Å². The van der Waals surface area contributed by atoms with E-state index in [0.717, 1.165) is 12.1 Å². The van der Waals surface area contributed by atoms with Crippen LogP contribution in [0.2, 0.25) is 0 Å². The van der Waals surface area contributed by atoms with Crippen LogP contribution in [0.5, 0.6) is 0 Å². The number of hydrogen-bond donors (Lipinski definition) is 1. The summed E-state index contributed by atoms with van der Waals surface area (Å²) >= 11 is 3.05. The Morgan fingerprint density at radius 2 is 2.19 bits per heavy atom. The molecule has 16 heavy (non-hydrogen) atoms. The van der Waals surface area contributed by atoms with Crippen LogP contribution < -0.4 is 4.72 Å². The molecule has 1 aromatic rings. The average Bonchev–Trinajstić information content (AvgIpc) is 2.20. The summed E-state index contributed by atoms with van der Waals surface area (Å²) in [4.78, 5) is -0.482. The van der Waals surface area contributed by atoms with Crippen LogP contribution in [-0.2, 0) is 10.0 Å². The number of benzene rings is 1. The monoisotopic (exact) mass is 306 g/mol. The zero-order valence-corrected chi connectivity index (χ0v) is 10.6. The fraction of sp³-hybridized carbons (Fsp3) is 0.222. The molecule has 0 saturated carbocycles. The van der Waals surface area contributed by atoms with Crippen LogP contribution in [0.4, 0.5) is 4.39 Å². The molecule has 1 N–H and O–H groups in total. The van der Waals surface area contributed by atoms with E-state index >= 15 is 0 Å². The minimum Gasteiger partial charge on any atom is -0.207 e. The van der Waals surface area contributed by atoms with Crippen LogP contribution >= 0.6 is 15.9 Å². The Morgan fingerprint density at radius 1 is 1.56 bits per heavy atom. The fourth-order valence-electron chi connectivity index (χ4n) is 1.01. The molecule has 4 nitrogen and oxygen atoms in total. The Morgan fingerprint density at radius 3 is 2.75 bits per heavy atom. The Hall–Kier alpha value is -0.970. The van der Waals surface area contributed by atoms with Gasteiger partial charge in [0.25, 0.3) is 0 Å². The zero-order valence-electron chi connectivity index (χ0n) is 8.24. The average molecular weight is 307 g/mol. The summed E-state index contributed by atoms with van der Waals surface area (Å²) in [6, 6.07) is 4.36. The van der Waals surface area contributed by atoms with Crippen molar-refractivity contribution >= 4 is 26.0 Å². The van der Waals surface area contributed by atoms with Crippen LogP contribution in [0.1, 0.15) is 6.92 Å². The Balaban J connectivity index is 3.18. The van der Waals surface area contributed by atoms with E-state index in [1.54, 1.807) is 6.07 Å². The number of nitrogens with one attached hydrogen (secondary N) is 1. The van der Waals surface area contributed by atoms with Gasteiger partial charge in [-0.3, -0.25) is 0 Å². The second kappa shape index (κ2) is 4.91. The van der Waals surface area contributed by atoms with Crippen molar-refractivity contribution in [3.8, 4) is 6.07 Å². The van der Waals surface area contributed by atoms with Gasteiger partial charge in [-0.05, 0) is 25.1 Å². The van der Waals surface area contributed by atoms with E-state index in [0.29, 0.717) is 4.47 Å². The maximum Gasteiger partial charge on any atom is 0.244 e. The van der Waals surface area contributed by atoms with Crippen LogP contribution in [0.25, 0.3) is 0 Å². The summed E-state index contributed by atoms with van der Waals surface area (Å²) in [5, 5.41) is 8.49. The molecule has 0 radical (unpaired) electrons. The van der Waals surface area contributed by atoms with Crippen molar-refractivity contribution in [1.29, 1.82) is 5.26 Å². The van der Waals surface area contributed by atoms with Crippen molar-refractivity contribution in [1.82, 2.24) is 4.72 Å². The summed E-state index contributed by atoms with van der Waals surface area (Å²) in [6.45, 7) is 1.37. The lowest BCUT2D eigenvalue weighted by molar-refractivity contribution is 0.553. The Bertz CT molecular complexity index is 539. The van der Waals surface area contributed by atoms with Gasteiger partial charge in [-0.2, -0.15) is 9.98 Å². The Kier molecular flexibility index (Phi) is 4.02. The van der Waals surface area contributed by atoms with Gasteiger partial charge in [-0.15, -0.1) is 0 Å². The molecule has 0 spiro atoms. The molecular weight excluding hydrogens is 299 g/mol. The van der Waals surface area contributed by atoms with Gasteiger partial charge in [0.15, 0.2) is 0 Å². The largest absolute Gasteiger partial charge is 0.244 e. The third-order valence-corrected chi connectivity index (χ3v) is 3.76. The van der Waals surface area contributed by atoms with E-state index in [1.807, 2.05) is 4.72 Å². The highest BCUT2D eigenvalue weighted by Crippen LogP contribution is 2.19. The SMILES string of the molecule is C[C@H](C#N)NS(=O)(=O)c1cc(Br)ccc1F. The summed E-state index contributed by atoms with van der Waals surface area (Å²) in [7, 11) is -4.00. The quantitative estimate of drug-likeness (QED) is 0.925. The lowest BCUT2D eigenvalue weighted by Crippen LogP contribution is -2.32. The lowest BCUT2D eigenvalue weighted by atomic mass is 10.3. The van der Waals surface area contributed by atoms with E-state index < -0.39 is 26.8 Å². The first-order chi connectivity index (χ1) is 7.36. The molecule has 1 aromatic carbocycles. The molecule has 7 heteroatoms. The van der Waals surface area contributed by atoms with Crippen LogP contribution in [0, 0.1) is 17.1 Å². The third kappa shape index (κ3) is 3.01. The smallest absolute Gasteiger partial charge is 0.207 e. The molecule has 1 rings (SSSR count). The van der Waals surface area contributed by atoms with Gasteiger partial charge >= 0.3 is 0 Å². The number of halogens is 2. The van der Waals surface area contributed by atoms with Gasteiger partial charge in [-0.25, -0.2) is 12.8 Å². The lowest BCUT2D eigenvalue weighted by Gasteiger charge is -2.08. The minimum atomic E-state index is -4.00. The molecule has 0 aliphatic rings. The maximum atomic E-state index is 13.3. The van der Waals surface area contributed by atoms with E-state index in [-0.39, 0.29) is 0 Å². The van der Waals surface area contributed by atoms with Crippen molar-refractivity contribution in [2.45, 2.75) is 17.9 Å². The predicted molar refractivity (Wildman–Crippen MR) is 59.5 cm³/mol. The van der Waals surface area contributed by atoms with Gasteiger partial charge < -0.3 is 0 Å². The fourth-order valence-corrected chi connectivity index (χ4v) is 2.77. The molecule has 1 atom stereocenters. The van der Waals surface area contributed by atoms with Gasteiger partial charge in [0, 0.05) is 4.47 Å². The summed E-state index contributed by atoms with van der Waals surface area (Å²) in [5.74, 6) is -0.860. The normalized spacial score (nSPS) is 13.1. The number of sulfonamides is 1. The summed E-state index contributed by atoms with van der Waals surface area (Å²) in [5.41, 5.74) is 0. The van der Waals surface area contributed by atoms with Gasteiger partial charge in [0.1, 0.15) is 16.8 Å². The molecule has 0 amide bonds. The molecule has 0 aromatic heterocycles. The maximum absolute atomic E-state index is 13.3. The van der Waals surface area contributed by atoms with E-state index in [2.05, 4.69) is 15.9 Å². The molecule has 0 heterocycles. The molecule has 0 unspecified atom stereocenters. The third-order valence-electron chi connectivity index (χ3n) is 1.71. The minimum absolute atomic E-state index is 0.443. The van der Waals surface area contributed by atoms with Crippen LogP contribution in [-0.4, -0.2) is 14.5 Å². The highest BCUT2D eigenvalue weighted by Gasteiger charge is 2.21. The number of rotatable bonds is 3. The number of nitriles is 1. The molecule has 0 bridgehead atoms. The van der Waals surface area contributed by atoms with Crippen molar-refractivity contribution in [3.63, 3.8) is 0 Å². The van der Waals surface area contributed by atoms with Gasteiger partial charge in [0.05, 0.1) is 6.07 Å². The van der Waals surface area contributed by atoms with E-state index in [9.17, 15) is 12.8 Å². The molecule has 0 saturated heterocycles. The second-order valence-corrected chi connectivity index (χ2v) is 5.64. The standard InChI is InChI=1S/C9H8BrFN2O2S/c1-6(5-12)13-16(14,15)9-4-7(10)2-3-8(9)11/h2-4,6,13H,1H3/t6-/m1/s1. The summed E-state index contributed by atoms with van der Waals surface area (Å²) in [6.07, 6.45) is 0. The first-order valence-corrected chi connectivity index (χ1v) is 6.51. The highest BCUT2D eigenvalue weighted by atomic mass is 79.9.